The van der Waals surface area contributed by atoms with Crippen LogP contribution in [0.1, 0.15) is 25.7 Å². The Bertz CT molecular complexity index is 660. The second-order valence-corrected chi connectivity index (χ2v) is 8.99. The van der Waals surface area contributed by atoms with E-state index in [2.05, 4.69) is 58.3 Å². The molecule has 4 rings (SSSR count). The average Bonchev–Trinajstić information content (AvgIpc) is 3.45. The molecule has 0 amide bonds. The van der Waals surface area contributed by atoms with Crippen LogP contribution in [-0.4, -0.2) is 62.3 Å². The number of benzene rings is 2. The summed E-state index contributed by atoms with van der Waals surface area (Å²) in [5, 5.41) is 0. The standard InChI is InChI=1S/C24H32N2O2S/c1-2-14-25(13-1)17-19-27-21-5-9-23(10-6-21)29-24-11-7-22(8-12-24)28-20-18-26-15-3-4-16-26/h5-12H,1-4,13-20H2. The molecule has 2 aromatic rings. The van der Waals surface area contributed by atoms with Crippen LogP contribution in [0.4, 0.5) is 0 Å². The van der Waals surface area contributed by atoms with E-state index in [1.54, 1.807) is 11.8 Å². The predicted octanol–water partition coefficient (Wildman–Crippen LogP) is 4.79. The smallest absolute Gasteiger partial charge is 0.119 e. The Kier molecular flexibility index (Phi) is 7.74. The Morgan fingerprint density at radius 1 is 0.586 bits per heavy atom. The highest BCUT2D eigenvalue weighted by Gasteiger charge is 2.11. The molecule has 0 aromatic heterocycles. The van der Waals surface area contributed by atoms with Gasteiger partial charge < -0.3 is 9.47 Å². The van der Waals surface area contributed by atoms with Gasteiger partial charge in [-0.05, 0) is 100 Å². The third kappa shape index (κ3) is 6.66. The summed E-state index contributed by atoms with van der Waals surface area (Å²) in [5.41, 5.74) is 0. The van der Waals surface area contributed by atoms with Gasteiger partial charge >= 0.3 is 0 Å². The van der Waals surface area contributed by atoms with Crippen molar-refractivity contribution in [2.75, 3.05) is 52.5 Å². The Labute approximate surface area is 179 Å². The first kappa shape index (κ1) is 20.6. The average molecular weight is 413 g/mol. The first-order valence-electron chi connectivity index (χ1n) is 10.9. The minimum Gasteiger partial charge on any atom is -0.492 e. The van der Waals surface area contributed by atoms with E-state index < -0.39 is 0 Å². The lowest BCUT2D eigenvalue weighted by atomic mass is 10.3. The molecule has 0 bridgehead atoms. The number of hydrogen-bond acceptors (Lipinski definition) is 5. The van der Waals surface area contributed by atoms with Crippen molar-refractivity contribution in [3.05, 3.63) is 48.5 Å². The molecule has 156 valence electrons. The lowest BCUT2D eigenvalue weighted by Crippen LogP contribution is -2.25. The molecule has 0 spiro atoms. The first-order valence-corrected chi connectivity index (χ1v) is 11.8. The van der Waals surface area contributed by atoms with E-state index in [0.29, 0.717) is 0 Å². The lowest BCUT2D eigenvalue weighted by molar-refractivity contribution is 0.237. The molecule has 2 fully saturated rings. The van der Waals surface area contributed by atoms with Crippen molar-refractivity contribution in [3.63, 3.8) is 0 Å². The van der Waals surface area contributed by atoms with E-state index in [0.717, 1.165) is 37.8 Å². The van der Waals surface area contributed by atoms with Crippen LogP contribution in [0.5, 0.6) is 11.5 Å². The Morgan fingerprint density at radius 3 is 1.34 bits per heavy atom. The molecule has 29 heavy (non-hydrogen) atoms. The predicted molar refractivity (Wildman–Crippen MR) is 119 cm³/mol. The van der Waals surface area contributed by atoms with Gasteiger partial charge in [-0.2, -0.15) is 0 Å². The van der Waals surface area contributed by atoms with Gasteiger partial charge in [0, 0.05) is 22.9 Å². The van der Waals surface area contributed by atoms with E-state index >= 15 is 0 Å². The van der Waals surface area contributed by atoms with Crippen molar-refractivity contribution in [1.29, 1.82) is 0 Å². The molecule has 0 unspecified atom stereocenters. The van der Waals surface area contributed by atoms with Crippen molar-refractivity contribution in [1.82, 2.24) is 9.80 Å². The van der Waals surface area contributed by atoms with Crippen LogP contribution >= 0.6 is 11.8 Å². The normalized spacial score (nSPS) is 17.7. The summed E-state index contributed by atoms with van der Waals surface area (Å²) in [6.45, 7) is 8.49. The van der Waals surface area contributed by atoms with Crippen molar-refractivity contribution in [2.45, 2.75) is 35.5 Å². The molecule has 2 heterocycles. The summed E-state index contributed by atoms with van der Waals surface area (Å²) in [4.78, 5) is 7.40. The van der Waals surface area contributed by atoms with E-state index in [1.165, 1.54) is 61.7 Å². The van der Waals surface area contributed by atoms with Gasteiger partial charge in [0.25, 0.3) is 0 Å². The first-order chi connectivity index (χ1) is 14.3. The maximum absolute atomic E-state index is 5.89. The van der Waals surface area contributed by atoms with E-state index in [-0.39, 0.29) is 0 Å². The molecule has 2 aliphatic rings. The second-order valence-electron chi connectivity index (χ2n) is 7.84. The molecule has 0 aliphatic carbocycles. The van der Waals surface area contributed by atoms with Crippen molar-refractivity contribution < 1.29 is 9.47 Å². The highest BCUT2D eigenvalue weighted by atomic mass is 32.2. The van der Waals surface area contributed by atoms with Gasteiger partial charge in [-0.15, -0.1) is 0 Å². The van der Waals surface area contributed by atoms with Crippen LogP contribution < -0.4 is 9.47 Å². The monoisotopic (exact) mass is 412 g/mol. The number of likely N-dealkylation sites (tertiary alicyclic amines) is 2. The molecule has 0 saturated carbocycles. The van der Waals surface area contributed by atoms with Gasteiger partial charge in [0.2, 0.25) is 0 Å². The summed E-state index contributed by atoms with van der Waals surface area (Å²) < 4.78 is 11.8. The summed E-state index contributed by atoms with van der Waals surface area (Å²) in [6.07, 6.45) is 5.32. The number of nitrogens with zero attached hydrogens (tertiary/aromatic N) is 2. The topological polar surface area (TPSA) is 24.9 Å². The Balaban J connectivity index is 1.18. The van der Waals surface area contributed by atoms with Crippen LogP contribution in [-0.2, 0) is 0 Å². The Morgan fingerprint density at radius 2 is 0.966 bits per heavy atom. The van der Waals surface area contributed by atoms with Crippen molar-refractivity contribution in [3.8, 4) is 11.5 Å². The zero-order valence-electron chi connectivity index (χ0n) is 17.2. The molecule has 4 nitrogen and oxygen atoms in total. The minimum atomic E-state index is 0.770. The molecule has 0 N–H and O–H groups in total. The van der Waals surface area contributed by atoms with Crippen LogP contribution in [0.15, 0.2) is 58.3 Å². The fraction of sp³-hybridized carbons (Fsp3) is 0.500. The van der Waals surface area contributed by atoms with E-state index in [9.17, 15) is 0 Å². The van der Waals surface area contributed by atoms with Crippen LogP contribution in [0.2, 0.25) is 0 Å². The number of hydrogen-bond donors (Lipinski definition) is 0. The van der Waals surface area contributed by atoms with Crippen LogP contribution in [0, 0.1) is 0 Å². The number of ether oxygens (including phenoxy) is 2. The largest absolute Gasteiger partial charge is 0.492 e. The zero-order chi connectivity index (χ0) is 19.7. The summed E-state index contributed by atoms with van der Waals surface area (Å²) >= 11 is 1.77. The molecule has 5 heteroatoms. The molecular formula is C24H32N2O2S. The van der Waals surface area contributed by atoms with Gasteiger partial charge in [-0.1, -0.05) is 11.8 Å². The minimum absolute atomic E-state index is 0.770. The fourth-order valence-electron chi connectivity index (χ4n) is 3.94. The van der Waals surface area contributed by atoms with E-state index in [4.69, 9.17) is 9.47 Å². The van der Waals surface area contributed by atoms with Crippen molar-refractivity contribution >= 4 is 11.8 Å². The maximum atomic E-state index is 5.89. The highest BCUT2D eigenvalue weighted by molar-refractivity contribution is 7.99. The van der Waals surface area contributed by atoms with Gasteiger partial charge in [0.05, 0.1) is 0 Å². The van der Waals surface area contributed by atoms with Gasteiger partial charge in [-0.25, -0.2) is 0 Å². The zero-order valence-corrected chi connectivity index (χ0v) is 18.0. The SMILES string of the molecule is c1cc(Sc2ccc(OCCN3CCCC3)cc2)ccc1OCCN1CCCC1. The second kappa shape index (κ2) is 10.9. The third-order valence-corrected chi connectivity index (χ3v) is 6.65. The maximum Gasteiger partial charge on any atom is 0.119 e. The molecule has 2 aliphatic heterocycles. The summed E-state index contributed by atoms with van der Waals surface area (Å²) in [5.74, 6) is 1.91. The van der Waals surface area contributed by atoms with Crippen LogP contribution in [0.25, 0.3) is 0 Å². The quantitative estimate of drug-likeness (QED) is 0.559. The number of rotatable bonds is 10. The summed E-state index contributed by atoms with van der Waals surface area (Å²) in [7, 11) is 0. The van der Waals surface area contributed by atoms with Gasteiger partial charge in [0.1, 0.15) is 24.7 Å². The lowest BCUT2D eigenvalue weighted by Gasteiger charge is -2.15. The van der Waals surface area contributed by atoms with Gasteiger partial charge in [-0.3, -0.25) is 9.80 Å². The highest BCUT2D eigenvalue weighted by Crippen LogP contribution is 2.30. The molecular weight excluding hydrogens is 380 g/mol. The fourth-order valence-corrected chi connectivity index (χ4v) is 4.76. The molecule has 2 aromatic carbocycles. The molecule has 0 atom stereocenters. The van der Waals surface area contributed by atoms with E-state index in [1.807, 2.05) is 0 Å². The van der Waals surface area contributed by atoms with Crippen molar-refractivity contribution in [2.24, 2.45) is 0 Å². The summed E-state index contributed by atoms with van der Waals surface area (Å²) in [6, 6.07) is 16.8. The van der Waals surface area contributed by atoms with Gasteiger partial charge in [0.15, 0.2) is 0 Å². The van der Waals surface area contributed by atoms with Crippen LogP contribution in [0.3, 0.4) is 0 Å². The Hall–Kier alpha value is -1.69. The third-order valence-electron chi connectivity index (χ3n) is 5.63. The molecule has 2 saturated heterocycles. The molecule has 0 radical (unpaired) electrons.